The molecule has 3 aromatic rings. The molecule has 1 fully saturated rings. The van der Waals surface area contributed by atoms with Crippen LogP contribution in [0.15, 0.2) is 24.5 Å². The van der Waals surface area contributed by atoms with Gasteiger partial charge in [0.25, 0.3) is 0 Å². The Kier molecular flexibility index (Phi) is 5.78. The summed E-state index contributed by atoms with van der Waals surface area (Å²) in [7, 11) is 0. The first-order chi connectivity index (χ1) is 16.4. The second kappa shape index (κ2) is 8.90. The van der Waals surface area contributed by atoms with Gasteiger partial charge in [-0.05, 0) is 36.4 Å². The van der Waals surface area contributed by atoms with E-state index in [4.69, 9.17) is 15.2 Å². The monoisotopic (exact) mass is 470 g/mol. The maximum Gasteiger partial charge on any atom is 0.320 e. The van der Waals surface area contributed by atoms with Gasteiger partial charge in [-0.15, -0.1) is 0 Å². The lowest BCUT2D eigenvalue weighted by Crippen LogP contribution is -2.48. The molecule has 11 heteroatoms. The number of amides is 2. The summed E-state index contributed by atoms with van der Waals surface area (Å²) in [5, 5.41) is 9.43. The molecule has 2 aromatic heterocycles. The number of carbonyl (C=O) groups excluding carboxylic acids is 1. The number of anilines is 3. The molecule has 5 rings (SSSR count). The Bertz CT molecular complexity index is 1270. The van der Waals surface area contributed by atoms with E-state index < -0.39 is 24.1 Å². The SMILES string of the molecule is Cc1c(-c2cc3cc(NC(=O)N[C@@H]4CCOC[C@@H]4F)ncc3c(N)c2F)cnc2c1NCCO2. The number of nitrogen functional groups attached to an aromatic ring is 1. The Hall–Kier alpha value is -3.73. The van der Waals surface area contributed by atoms with E-state index in [1.165, 1.54) is 6.20 Å². The van der Waals surface area contributed by atoms with Crippen LogP contribution in [-0.4, -0.2) is 54.6 Å². The van der Waals surface area contributed by atoms with Crippen LogP contribution in [0.25, 0.3) is 21.9 Å². The van der Waals surface area contributed by atoms with E-state index in [0.717, 1.165) is 11.3 Å². The van der Waals surface area contributed by atoms with E-state index in [2.05, 4.69) is 25.9 Å². The molecule has 9 nitrogen and oxygen atoms in total. The van der Waals surface area contributed by atoms with Crippen molar-refractivity contribution >= 4 is 34.0 Å². The average molecular weight is 470 g/mol. The zero-order valence-corrected chi connectivity index (χ0v) is 18.5. The topological polar surface area (TPSA) is 123 Å². The molecular weight excluding hydrogens is 446 g/mol. The molecule has 0 unspecified atom stereocenters. The standard InChI is InChI=1S/C23H24F2N6O3/c1-11-14(8-29-22-21(11)27-3-5-34-22)13-6-12-7-18(28-9-15(12)20(26)19(13)25)31-23(32)30-17-2-4-33-10-16(17)24/h6-9,16-17,27H,2-5,10,26H2,1H3,(H2,28,30,31,32)/t16-,17+/m0/s1. The summed E-state index contributed by atoms with van der Waals surface area (Å²) in [6.45, 7) is 3.32. The number of aromatic nitrogens is 2. The highest BCUT2D eigenvalue weighted by Crippen LogP contribution is 2.39. The molecule has 2 aliphatic rings. The highest BCUT2D eigenvalue weighted by Gasteiger charge is 2.27. The summed E-state index contributed by atoms with van der Waals surface area (Å²) in [5.74, 6) is 0.117. The van der Waals surface area contributed by atoms with Crippen LogP contribution in [0.5, 0.6) is 5.88 Å². The summed E-state index contributed by atoms with van der Waals surface area (Å²) in [6.07, 6.45) is 2.06. The number of nitrogens with zero attached hydrogens (tertiary/aromatic N) is 2. The van der Waals surface area contributed by atoms with Crippen molar-refractivity contribution in [2.24, 2.45) is 0 Å². The lowest BCUT2D eigenvalue weighted by Gasteiger charge is -2.26. The van der Waals surface area contributed by atoms with E-state index in [0.29, 0.717) is 48.4 Å². The number of halogens is 2. The van der Waals surface area contributed by atoms with Gasteiger partial charge in [-0.1, -0.05) is 0 Å². The van der Waals surface area contributed by atoms with Gasteiger partial charge in [0.15, 0.2) is 5.82 Å². The fraction of sp³-hybridized carbons (Fsp3) is 0.348. The number of pyridine rings is 2. The van der Waals surface area contributed by atoms with Gasteiger partial charge in [0.1, 0.15) is 24.3 Å². The van der Waals surface area contributed by atoms with Gasteiger partial charge in [0.05, 0.1) is 18.3 Å². The maximum absolute atomic E-state index is 15.3. The van der Waals surface area contributed by atoms with Crippen molar-refractivity contribution in [2.45, 2.75) is 25.6 Å². The number of hydrogen-bond acceptors (Lipinski definition) is 7. The van der Waals surface area contributed by atoms with Crippen molar-refractivity contribution in [1.29, 1.82) is 0 Å². The lowest BCUT2D eigenvalue weighted by molar-refractivity contribution is 0.0173. The summed E-state index contributed by atoms with van der Waals surface area (Å²) in [6, 6.07) is 2.01. The van der Waals surface area contributed by atoms with Gasteiger partial charge in [0.2, 0.25) is 5.88 Å². The first-order valence-corrected chi connectivity index (χ1v) is 11.0. The number of nitrogens with two attached hydrogens (primary N) is 1. The van der Waals surface area contributed by atoms with Crippen molar-refractivity contribution in [3.05, 3.63) is 35.9 Å². The molecule has 5 N–H and O–H groups in total. The molecule has 0 aliphatic carbocycles. The molecule has 1 aromatic carbocycles. The number of hydrogen-bond donors (Lipinski definition) is 4. The second-order valence-electron chi connectivity index (χ2n) is 8.28. The van der Waals surface area contributed by atoms with Crippen LogP contribution in [-0.2, 0) is 4.74 Å². The maximum atomic E-state index is 15.3. The van der Waals surface area contributed by atoms with Crippen molar-refractivity contribution < 1.29 is 23.0 Å². The second-order valence-corrected chi connectivity index (χ2v) is 8.28. The molecule has 34 heavy (non-hydrogen) atoms. The number of nitrogens with one attached hydrogen (secondary N) is 3. The van der Waals surface area contributed by atoms with E-state index in [9.17, 15) is 9.18 Å². The quantitative estimate of drug-likeness (QED) is 0.433. The average Bonchev–Trinajstić information content (AvgIpc) is 2.83. The summed E-state index contributed by atoms with van der Waals surface area (Å²) < 4.78 is 39.8. The predicted molar refractivity (Wildman–Crippen MR) is 124 cm³/mol. The molecule has 0 radical (unpaired) electrons. The number of alkyl halides is 1. The normalized spacial score (nSPS) is 19.6. The van der Waals surface area contributed by atoms with Gasteiger partial charge >= 0.3 is 6.03 Å². The Morgan fingerprint density at radius 3 is 2.91 bits per heavy atom. The summed E-state index contributed by atoms with van der Waals surface area (Å²) in [4.78, 5) is 20.9. The molecule has 0 saturated carbocycles. The van der Waals surface area contributed by atoms with Crippen LogP contribution < -0.4 is 26.4 Å². The highest BCUT2D eigenvalue weighted by atomic mass is 19.1. The van der Waals surface area contributed by atoms with Gasteiger partial charge in [-0.25, -0.2) is 23.5 Å². The van der Waals surface area contributed by atoms with Crippen LogP contribution in [0.4, 0.5) is 30.8 Å². The molecule has 2 atom stereocenters. The number of fused-ring (bicyclic) bond motifs is 2. The summed E-state index contributed by atoms with van der Waals surface area (Å²) >= 11 is 0. The largest absolute Gasteiger partial charge is 0.474 e. The minimum Gasteiger partial charge on any atom is -0.474 e. The minimum atomic E-state index is -1.28. The Balaban J connectivity index is 1.46. The molecular formula is C23H24F2N6O3. The fourth-order valence-corrected chi connectivity index (χ4v) is 4.24. The minimum absolute atomic E-state index is 0.0502. The number of rotatable bonds is 3. The molecule has 4 heterocycles. The number of ether oxygens (including phenoxy) is 2. The van der Waals surface area contributed by atoms with E-state index in [-0.39, 0.29) is 23.7 Å². The predicted octanol–water partition coefficient (Wildman–Crippen LogP) is 3.38. The highest BCUT2D eigenvalue weighted by molar-refractivity contribution is 6.00. The Morgan fingerprint density at radius 2 is 2.09 bits per heavy atom. The molecule has 1 saturated heterocycles. The number of urea groups is 1. The van der Waals surface area contributed by atoms with E-state index in [1.807, 2.05) is 6.92 Å². The van der Waals surface area contributed by atoms with Crippen LogP contribution in [0.3, 0.4) is 0 Å². The van der Waals surface area contributed by atoms with Gasteiger partial charge in [-0.2, -0.15) is 0 Å². The number of benzene rings is 1. The zero-order valence-electron chi connectivity index (χ0n) is 18.5. The van der Waals surface area contributed by atoms with Crippen LogP contribution >= 0.6 is 0 Å². The Labute approximate surface area is 194 Å². The molecule has 0 bridgehead atoms. The van der Waals surface area contributed by atoms with E-state index in [1.54, 1.807) is 18.3 Å². The van der Waals surface area contributed by atoms with Crippen LogP contribution in [0, 0.1) is 12.7 Å². The van der Waals surface area contributed by atoms with Gasteiger partial charge < -0.3 is 25.8 Å². The summed E-state index contributed by atoms with van der Waals surface area (Å²) in [5.41, 5.74) is 8.39. The third-order valence-corrected chi connectivity index (χ3v) is 6.08. The smallest absolute Gasteiger partial charge is 0.320 e. The van der Waals surface area contributed by atoms with Gasteiger partial charge in [-0.3, -0.25) is 5.32 Å². The van der Waals surface area contributed by atoms with Crippen molar-refractivity contribution in [3.8, 4) is 17.0 Å². The molecule has 2 aliphatic heterocycles. The molecule has 2 amide bonds. The van der Waals surface area contributed by atoms with Crippen LogP contribution in [0.2, 0.25) is 0 Å². The first kappa shape index (κ1) is 22.1. The molecule has 178 valence electrons. The lowest BCUT2D eigenvalue weighted by atomic mass is 9.97. The van der Waals surface area contributed by atoms with Gasteiger partial charge in [0, 0.05) is 42.1 Å². The van der Waals surface area contributed by atoms with E-state index >= 15 is 4.39 Å². The number of carbonyl (C=O) groups is 1. The van der Waals surface area contributed by atoms with Crippen molar-refractivity contribution in [3.63, 3.8) is 0 Å². The fourth-order valence-electron chi connectivity index (χ4n) is 4.24. The third kappa shape index (κ3) is 4.03. The Morgan fingerprint density at radius 1 is 1.24 bits per heavy atom. The third-order valence-electron chi connectivity index (χ3n) is 6.08. The molecule has 0 spiro atoms. The first-order valence-electron chi connectivity index (χ1n) is 11.0. The zero-order chi connectivity index (χ0) is 23.8. The van der Waals surface area contributed by atoms with Crippen molar-refractivity contribution in [1.82, 2.24) is 15.3 Å². The van der Waals surface area contributed by atoms with Crippen LogP contribution in [0.1, 0.15) is 12.0 Å². The van der Waals surface area contributed by atoms with Crippen molar-refractivity contribution in [2.75, 3.05) is 42.7 Å².